The Balaban J connectivity index is 2.08. The van der Waals surface area contributed by atoms with Crippen molar-refractivity contribution in [2.24, 2.45) is 5.73 Å². The molecule has 0 fully saturated rings. The van der Waals surface area contributed by atoms with Crippen molar-refractivity contribution in [1.82, 2.24) is 4.98 Å². The van der Waals surface area contributed by atoms with E-state index in [-0.39, 0.29) is 6.10 Å². The first-order chi connectivity index (χ1) is 8.78. The van der Waals surface area contributed by atoms with Crippen LogP contribution in [0.1, 0.15) is 5.56 Å². The Morgan fingerprint density at radius 1 is 1.33 bits per heavy atom. The number of ether oxygens (including phenoxy) is 1. The topological polar surface area (TPSA) is 74.2 Å². The number of fused-ring (bicyclic) bond motifs is 1. The molecule has 0 spiro atoms. The third-order valence-electron chi connectivity index (χ3n) is 3.16. The van der Waals surface area contributed by atoms with Crippen LogP contribution in [-0.4, -0.2) is 17.6 Å². The molecule has 0 radical (unpaired) electrons. The van der Waals surface area contributed by atoms with Crippen molar-refractivity contribution < 1.29 is 4.74 Å². The molecule has 3 rings (SSSR count). The molecule has 2 aromatic rings. The first-order valence-corrected chi connectivity index (χ1v) is 5.97. The second-order valence-corrected chi connectivity index (χ2v) is 4.48. The second kappa shape index (κ2) is 4.31. The minimum Gasteiger partial charge on any atom is -0.488 e. The van der Waals surface area contributed by atoms with Gasteiger partial charge < -0.3 is 16.2 Å². The molecule has 0 bridgehead atoms. The third-order valence-corrected chi connectivity index (χ3v) is 3.16. The number of benzene rings is 1. The number of rotatable bonds is 2. The number of pyridine rings is 1. The third kappa shape index (κ3) is 1.80. The largest absolute Gasteiger partial charge is 0.488 e. The Labute approximate surface area is 106 Å². The zero-order valence-electron chi connectivity index (χ0n) is 9.97. The first-order valence-electron chi connectivity index (χ1n) is 5.97. The minimum absolute atomic E-state index is 0.0789. The maximum atomic E-state index is 5.89. The summed E-state index contributed by atoms with van der Waals surface area (Å²) in [6.45, 7) is 0.531. The molecule has 0 saturated carbocycles. The van der Waals surface area contributed by atoms with E-state index in [2.05, 4.69) is 11.1 Å². The molecule has 0 amide bonds. The van der Waals surface area contributed by atoms with E-state index in [9.17, 15) is 0 Å². The molecular formula is C14H15N3O. The predicted molar refractivity (Wildman–Crippen MR) is 71.3 cm³/mol. The first kappa shape index (κ1) is 11.0. The van der Waals surface area contributed by atoms with E-state index in [1.807, 2.05) is 18.2 Å². The van der Waals surface area contributed by atoms with E-state index in [0.717, 1.165) is 23.3 Å². The van der Waals surface area contributed by atoms with Gasteiger partial charge in [-0.3, -0.25) is 4.98 Å². The summed E-state index contributed by atoms with van der Waals surface area (Å²) in [5.74, 6) is 0.917. The zero-order chi connectivity index (χ0) is 12.5. The lowest BCUT2D eigenvalue weighted by atomic mass is 10.0. The molecule has 4 N–H and O–H groups in total. The van der Waals surface area contributed by atoms with Gasteiger partial charge in [0.05, 0.1) is 5.69 Å². The summed E-state index contributed by atoms with van der Waals surface area (Å²) in [6.07, 6.45) is 4.38. The van der Waals surface area contributed by atoms with Gasteiger partial charge in [0.15, 0.2) is 0 Å². The highest BCUT2D eigenvalue weighted by Gasteiger charge is 2.24. The van der Waals surface area contributed by atoms with Gasteiger partial charge >= 0.3 is 0 Å². The van der Waals surface area contributed by atoms with Crippen molar-refractivity contribution in [3.05, 3.63) is 42.2 Å². The molecule has 1 aromatic heterocycles. The lowest BCUT2D eigenvalue weighted by Crippen LogP contribution is -2.24. The summed E-state index contributed by atoms with van der Waals surface area (Å²) in [7, 11) is 0. The number of nitrogen functional groups attached to an aromatic ring is 1. The molecule has 1 aliphatic rings. The quantitative estimate of drug-likeness (QED) is 0.837. The van der Waals surface area contributed by atoms with Gasteiger partial charge in [-0.05, 0) is 11.6 Å². The van der Waals surface area contributed by atoms with Crippen molar-refractivity contribution in [3.8, 4) is 16.9 Å². The van der Waals surface area contributed by atoms with Crippen LogP contribution in [0.2, 0.25) is 0 Å². The van der Waals surface area contributed by atoms with Crippen molar-refractivity contribution in [1.29, 1.82) is 0 Å². The Bertz CT molecular complexity index is 583. The number of nitrogens with two attached hydrogens (primary N) is 2. The SMILES string of the molecule is NCC1Cc2cccc(-c3cncc(N)c3)c2O1. The number of aromatic nitrogens is 1. The van der Waals surface area contributed by atoms with Crippen molar-refractivity contribution in [2.45, 2.75) is 12.5 Å². The highest BCUT2D eigenvalue weighted by Crippen LogP contribution is 2.38. The molecule has 18 heavy (non-hydrogen) atoms. The summed E-state index contributed by atoms with van der Waals surface area (Å²) in [4.78, 5) is 4.12. The number of para-hydroxylation sites is 1. The number of anilines is 1. The van der Waals surface area contributed by atoms with Gasteiger partial charge in [-0.15, -0.1) is 0 Å². The zero-order valence-corrected chi connectivity index (χ0v) is 9.97. The van der Waals surface area contributed by atoms with Crippen molar-refractivity contribution in [3.63, 3.8) is 0 Å². The van der Waals surface area contributed by atoms with Gasteiger partial charge in [0.2, 0.25) is 0 Å². The Kier molecular flexibility index (Phi) is 2.64. The van der Waals surface area contributed by atoms with Gasteiger partial charge in [0.1, 0.15) is 11.9 Å². The van der Waals surface area contributed by atoms with Gasteiger partial charge in [0.25, 0.3) is 0 Å². The smallest absolute Gasteiger partial charge is 0.131 e. The summed E-state index contributed by atoms with van der Waals surface area (Å²) in [5, 5.41) is 0. The maximum Gasteiger partial charge on any atom is 0.131 e. The molecule has 92 valence electrons. The van der Waals surface area contributed by atoms with Crippen LogP contribution in [0.25, 0.3) is 11.1 Å². The molecule has 1 unspecified atom stereocenters. The molecule has 4 heteroatoms. The van der Waals surface area contributed by atoms with Crippen LogP contribution < -0.4 is 16.2 Å². The predicted octanol–water partition coefficient (Wildman–Crippen LogP) is 1.59. The average Bonchev–Trinajstić information content (AvgIpc) is 2.81. The fourth-order valence-electron chi connectivity index (χ4n) is 2.30. The number of hydrogen-bond donors (Lipinski definition) is 2. The molecular weight excluding hydrogens is 226 g/mol. The standard InChI is InChI=1S/C14H15N3O/c15-6-12-5-9-2-1-3-13(14(9)18-12)10-4-11(16)8-17-7-10/h1-4,7-8,12H,5-6,15-16H2. The van der Waals surface area contributed by atoms with Crippen molar-refractivity contribution >= 4 is 5.69 Å². The Morgan fingerprint density at radius 3 is 3.00 bits per heavy atom. The highest BCUT2D eigenvalue weighted by atomic mass is 16.5. The van der Waals surface area contributed by atoms with E-state index in [4.69, 9.17) is 16.2 Å². The summed E-state index contributed by atoms with van der Waals surface area (Å²) in [6, 6.07) is 8.03. The molecule has 0 aliphatic carbocycles. The van der Waals surface area contributed by atoms with Crippen LogP contribution in [0.5, 0.6) is 5.75 Å². The van der Waals surface area contributed by atoms with E-state index < -0.39 is 0 Å². The second-order valence-electron chi connectivity index (χ2n) is 4.48. The summed E-state index contributed by atoms with van der Waals surface area (Å²) in [5.41, 5.74) is 15.3. The Hall–Kier alpha value is -2.07. The number of nitrogens with zero attached hydrogens (tertiary/aromatic N) is 1. The molecule has 2 heterocycles. The van der Waals surface area contributed by atoms with Crippen LogP contribution >= 0.6 is 0 Å². The lowest BCUT2D eigenvalue weighted by molar-refractivity contribution is 0.242. The van der Waals surface area contributed by atoms with Crippen LogP contribution in [0.3, 0.4) is 0 Å². The molecule has 4 nitrogen and oxygen atoms in total. The Morgan fingerprint density at radius 2 is 2.22 bits per heavy atom. The fourth-order valence-corrected chi connectivity index (χ4v) is 2.30. The molecule has 1 atom stereocenters. The monoisotopic (exact) mass is 241 g/mol. The highest BCUT2D eigenvalue weighted by molar-refractivity contribution is 5.74. The number of hydrogen-bond acceptors (Lipinski definition) is 4. The summed E-state index contributed by atoms with van der Waals surface area (Å²) < 4.78 is 5.89. The normalized spacial score (nSPS) is 17.3. The lowest BCUT2D eigenvalue weighted by Gasteiger charge is -2.10. The van der Waals surface area contributed by atoms with E-state index >= 15 is 0 Å². The van der Waals surface area contributed by atoms with Gasteiger partial charge in [-0.25, -0.2) is 0 Å². The van der Waals surface area contributed by atoms with Crippen LogP contribution in [0.15, 0.2) is 36.7 Å². The van der Waals surface area contributed by atoms with Crippen LogP contribution in [0, 0.1) is 0 Å². The van der Waals surface area contributed by atoms with Gasteiger partial charge in [-0.1, -0.05) is 18.2 Å². The van der Waals surface area contributed by atoms with Gasteiger partial charge in [-0.2, -0.15) is 0 Å². The van der Waals surface area contributed by atoms with Crippen LogP contribution in [-0.2, 0) is 6.42 Å². The maximum absolute atomic E-state index is 5.89. The molecule has 1 aliphatic heterocycles. The van der Waals surface area contributed by atoms with Crippen molar-refractivity contribution in [2.75, 3.05) is 12.3 Å². The fraction of sp³-hybridized carbons (Fsp3) is 0.214. The summed E-state index contributed by atoms with van der Waals surface area (Å²) >= 11 is 0. The van der Waals surface area contributed by atoms with Crippen LogP contribution in [0.4, 0.5) is 5.69 Å². The van der Waals surface area contributed by atoms with E-state index in [0.29, 0.717) is 12.2 Å². The molecule has 0 saturated heterocycles. The average molecular weight is 241 g/mol. The van der Waals surface area contributed by atoms with Gasteiger partial charge in [0, 0.05) is 36.5 Å². The minimum atomic E-state index is 0.0789. The van der Waals surface area contributed by atoms with E-state index in [1.165, 1.54) is 5.56 Å². The molecule has 1 aromatic carbocycles. The van der Waals surface area contributed by atoms with E-state index in [1.54, 1.807) is 12.4 Å².